The number of esters is 1. The maximum Gasteiger partial charge on any atom is 0.416 e. The fourth-order valence-electron chi connectivity index (χ4n) is 6.55. The summed E-state index contributed by atoms with van der Waals surface area (Å²) >= 11 is 0. The van der Waals surface area contributed by atoms with Crippen molar-refractivity contribution in [3.8, 4) is 0 Å². The topological polar surface area (TPSA) is 29.5 Å². The molecule has 1 heterocycles. The van der Waals surface area contributed by atoms with Crippen LogP contribution in [0, 0.1) is 5.82 Å². The Kier molecular flexibility index (Phi) is 8.88. The zero-order valence-corrected chi connectivity index (χ0v) is 23.4. The van der Waals surface area contributed by atoms with Crippen molar-refractivity contribution in [2.45, 2.75) is 74.9 Å². The van der Waals surface area contributed by atoms with Gasteiger partial charge in [0.15, 0.2) is 0 Å². The summed E-state index contributed by atoms with van der Waals surface area (Å²) in [6.07, 6.45) is -5.85. The number of hydrogen-bond acceptors (Lipinski definition) is 3. The van der Waals surface area contributed by atoms with E-state index < -0.39 is 41.5 Å². The largest absolute Gasteiger partial charge is 0.460 e. The Balaban J connectivity index is 1.28. The molecule has 0 unspecified atom stereocenters. The van der Waals surface area contributed by atoms with Crippen molar-refractivity contribution in [3.05, 3.63) is 106 Å². The third kappa shape index (κ3) is 7.06. The molecule has 1 saturated carbocycles. The average Bonchev–Trinajstić information content (AvgIpc) is 3.00. The fourth-order valence-corrected chi connectivity index (χ4v) is 6.55. The first-order valence-corrected chi connectivity index (χ1v) is 14.4. The molecule has 0 aromatic heterocycles. The smallest absolute Gasteiger partial charge is 0.416 e. The monoisotopic (exact) mass is 607 g/mol. The molecule has 43 heavy (non-hydrogen) atoms. The van der Waals surface area contributed by atoms with E-state index in [1.54, 1.807) is 18.2 Å². The lowest BCUT2D eigenvalue weighted by atomic mass is 9.67. The summed E-state index contributed by atoms with van der Waals surface area (Å²) in [6.45, 7) is 1.03. The van der Waals surface area contributed by atoms with E-state index in [0.29, 0.717) is 49.3 Å². The second-order valence-electron chi connectivity index (χ2n) is 11.5. The molecule has 1 aliphatic carbocycles. The Morgan fingerprint density at radius 3 is 1.88 bits per heavy atom. The molecule has 0 amide bonds. The molecule has 3 nitrogen and oxygen atoms in total. The molecule has 5 rings (SSSR count). The van der Waals surface area contributed by atoms with E-state index in [1.807, 2.05) is 24.3 Å². The van der Waals surface area contributed by atoms with E-state index in [2.05, 4.69) is 4.90 Å². The highest BCUT2D eigenvalue weighted by atomic mass is 19.4. The Morgan fingerprint density at radius 2 is 1.35 bits per heavy atom. The maximum absolute atomic E-state index is 13.7. The third-order valence-electron chi connectivity index (χ3n) is 8.93. The Morgan fingerprint density at radius 1 is 0.791 bits per heavy atom. The number of nitrogens with zero attached hydrogens (tertiary/aromatic N) is 1. The summed E-state index contributed by atoms with van der Waals surface area (Å²) in [6, 6.07) is 17.1. The van der Waals surface area contributed by atoms with Crippen LogP contribution in [0.2, 0.25) is 0 Å². The number of ether oxygens (including phenoxy) is 1. The van der Waals surface area contributed by atoms with Crippen LogP contribution in [0.5, 0.6) is 0 Å². The van der Waals surface area contributed by atoms with Crippen molar-refractivity contribution in [2.75, 3.05) is 13.1 Å². The standard InChI is InChI=1S/C33H32F7NO2/c34-28-8-6-23(7-9-28)24-12-16-41(17-13-24)29-10-14-31(15-11-29,25-4-2-1-3-5-25)30(42)43-21-22-18-26(32(35,36)37)20-27(19-22)33(38,39)40/h1-9,18-20,24,29H,10-17,21H2/t29-,31-. The SMILES string of the molecule is O=C(OCc1cc(C(F)(F)F)cc(C(F)(F)F)c1)[C@]1(c2ccccc2)CC[C@@H](N2CCC(c3ccc(F)cc3)CC2)CC1. The molecule has 0 radical (unpaired) electrons. The number of likely N-dealkylation sites (tertiary alicyclic amines) is 1. The van der Waals surface area contributed by atoms with Gasteiger partial charge < -0.3 is 9.64 Å². The van der Waals surface area contributed by atoms with Gasteiger partial charge >= 0.3 is 18.3 Å². The molecule has 0 N–H and O–H groups in total. The lowest BCUT2D eigenvalue weighted by Crippen LogP contribution is -2.48. The molecule has 0 bridgehead atoms. The molecule has 2 aliphatic rings. The Hall–Kier alpha value is -3.40. The number of hydrogen-bond donors (Lipinski definition) is 0. The predicted octanol–water partition coefficient (Wildman–Crippen LogP) is 8.67. The van der Waals surface area contributed by atoms with Gasteiger partial charge in [-0.15, -0.1) is 0 Å². The highest BCUT2D eigenvalue weighted by Crippen LogP contribution is 2.43. The molecule has 230 valence electrons. The normalized spacial score (nSPS) is 22.3. The van der Waals surface area contributed by atoms with E-state index in [4.69, 9.17) is 4.74 Å². The molecule has 3 aromatic carbocycles. The fraction of sp³-hybridized carbons (Fsp3) is 0.424. The van der Waals surface area contributed by atoms with Crippen LogP contribution in [-0.4, -0.2) is 30.0 Å². The molecule has 10 heteroatoms. The zero-order chi connectivity index (χ0) is 30.8. The van der Waals surface area contributed by atoms with E-state index in [9.17, 15) is 35.5 Å². The summed E-state index contributed by atoms with van der Waals surface area (Å²) in [5, 5.41) is 0. The number of halogens is 7. The summed E-state index contributed by atoms with van der Waals surface area (Å²) in [5.41, 5.74) is -2.49. The zero-order valence-electron chi connectivity index (χ0n) is 23.4. The van der Waals surface area contributed by atoms with Gasteiger partial charge in [0.25, 0.3) is 0 Å². The Labute approximate surface area is 245 Å². The van der Waals surface area contributed by atoms with Crippen molar-refractivity contribution in [3.63, 3.8) is 0 Å². The van der Waals surface area contributed by atoms with Crippen LogP contribution >= 0.6 is 0 Å². The number of carbonyl (C=O) groups excluding carboxylic acids is 1. The maximum atomic E-state index is 13.7. The van der Waals surface area contributed by atoms with Gasteiger partial charge in [-0.1, -0.05) is 42.5 Å². The second-order valence-corrected chi connectivity index (χ2v) is 11.5. The number of rotatable bonds is 6. The van der Waals surface area contributed by atoms with Crippen LogP contribution in [-0.2, 0) is 33.9 Å². The first-order chi connectivity index (χ1) is 20.3. The van der Waals surface area contributed by atoms with Gasteiger partial charge in [0, 0.05) is 6.04 Å². The van der Waals surface area contributed by atoms with Crippen molar-refractivity contribution < 1.29 is 40.3 Å². The summed E-state index contributed by atoms with van der Waals surface area (Å²) < 4.78 is 98.8. The quantitative estimate of drug-likeness (QED) is 0.208. The van der Waals surface area contributed by atoms with Gasteiger partial charge in [-0.2, -0.15) is 26.3 Å². The number of carbonyl (C=O) groups is 1. The van der Waals surface area contributed by atoms with Gasteiger partial charge in [-0.05, 0) is 105 Å². The van der Waals surface area contributed by atoms with Crippen LogP contribution in [0.1, 0.15) is 72.3 Å². The lowest BCUT2D eigenvalue weighted by Gasteiger charge is -2.44. The number of alkyl halides is 6. The molecule has 0 atom stereocenters. The molecule has 2 fully saturated rings. The van der Waals surface area contributed by atoms with Gasteiger partial charge in [-0.25, -0.2) is 4.39 Å². The van der Waals surface area contributed by atoms with Crippen LogP contribution < -0.4 is 0 Å². The van der Waals surface area contributed by atoms with E-state index in [-0.39, 0.29) is 23.5 Å². The highest BCUT2D eigenvalue weighted by Gasteiger charge is 2.46. The van der Waals surface area contributed by atoms with E-state index in [1.165, 1.54) is 12.1 Å². The molecule has 3 aromatic rings. The van der Waals surface area contributed by atoms with Crippen molar-refractivity contribution in [2.24, 2.45) is 0 Å². The van der Waals surface area contributed by atoms with Crippen LogP contribution in [0.15, 0.2) is 72.8 Å². The minimum absolute atomic E-state index is 0.0561. The minimum atomic E-state index is -4.99. The van der Waals surface area contributed by atoms with Crippen molar-refractivity contribution in [1.82, 2.24) is 4.90 Å². The first kappa shape index (κ1) is 31.0. The Bertz CT molecular complexity index is 1360. The molecule has 0 spiro atoms. The summed E-state index contributed by atoms with van der Waals surface area (Å²) in [4.78, 5) is 16.1. The van der Waals surface area contributed by atoms with E-state index >= 15 is 0 Å². The minimum Gasteiger partial charge on any atom is -0.460 e. The second kappa shape index (κ2) is 12.3. The van der Waals surface area contributed by atoms with Gasteiger partial charge in [0.2, 0.25) is 0 Å². The summed E-state index contributed by atoms with van der Waals surface area (Å²) in [5.74, 6) is -0.560. The molecular weight excluding hydrogens is 575 g/mol. The molecular formula is C33H32F7NO2. The van der Waals surface area contributed by atoms with Gasteiger partial charge in [0.05, 0.1) is 16.5 Å². The number of benzene rings is 3. The van der Waals surface area contributed by atoms with Crippen LogP contribution in [0.4, 0.5) is 30.7 Å². The molecule has 1 saturated heterocycles. The van der Waals surface area contributed by atoms with E-state index in [0.717, 1.165) is 31.5 Å². The lowest BCUT2D eigenvalue weighted by molar-refractivity contribution is -0.154. The van der Waals surface area contributed by atoms with Gasteiger partial charge in [-0.3, -0.25) is 4.79 Å². The van der Waals surface area contributed by atoms with Gasteiger partial charge in [0.1, 0.15) is 12.4 Å². The first-order valence-electron chi connectivity index (χ1n) is 14.4. The predicted molar refractivity (Wildman–Crippen MR) is 147 cm³/mol. The van der Waals surface area contributed by atoms with Crippen molar-refractivity contribution in [1.29, 1.82) is 0 Å². The molecule has 1 aliphatic heterocycles. The van der Waals surface area contributed by atoms with Crippen molar-refractivity contribution >= 4 is 5.97 Å². The van der Waals surface area contributed by atoms with Crippen LogP contribution in [0.3, 0.4) is 0 Å². The third-order valence-corrected chi connectivity index (χ3v) is 8.93. The number of piperidine rings is 1. The summed E-state index contributed by atoms with van der Waals surface area (Å²) in [7, 11) is 0. The average molecular weight is 608 g/mol. The highest BCUT2D eigenvalue weighted by molar-refractivity contribution is 5.83. The van der Waals surface area contributed by atoms with Crippen LogP contribution in [0.25, 0.3) is 0 Å².